The van der Waals surface area contributed by atoms with Crippen molar-refractivity contribution in [1.29, 1.82) is 0 Å². The second-order valence-corrected chi connectivity index (χ2v) is 15.0. The molecule has 11 nitrogen and oxygen atoms in total. The fourth-order valence-electron chi connectivity index (χ4n) is 8.46. The van der Waals surface area contributed by atoms with Gasteiger partial charge in [-0.1, -0.05) is 126 Å². The molecular weight excluding hydrogens is 719 g/mol. The van der Waals surface area contributed by atoms with Gasteiger partial charge in [-0.2, -0.15) is 0 Å². The van der Waals surface area contributed by atoms with Gasteiger partial charge in [0.2, 0.25) is 0 Å². The van der Waals surface area contributed by atoms with E-state index in [4.69, 9.17) is 29.9 Å². The highest BCUT2D eigenvalue weighted by Gasteiger charge is 2.25. The number of rotatable bonds is 12. The van der Waals surface area contributed by atoms with Gasteiger partial charge in [0.15, 0.2) is 23.3 Å². The van der Waals surface area contributed by atoms with Gasteiger partial charge >= 0.3 is 0 Å². The lowest BCUT2D eigenvalue weighted by atomic mass is 10.00. The first-order chi connectivity index (χ1) is 28.5. The van der Waals surface area contributed by atoms with E-state index in [0.29, 0.717) is 35.6 Å². The summed E-state index contributed by atoms with van der Waals surface area (Å²) in [5.41, 5.74) is 9.38. The van der Waals surface area contributed by atoms with Gasteiger partial charge in [0, 0.05) is 56.9 Å². The number of hydrogen-bond donors (Lipinski definition) is 1. The van der Waals surface area contributed by atoms with Crippen LogP contribution in [0.4, 0.5) is 0 Å². The van der Waals surface area contributed by atoms with Crippen molar-refractivity contribution in [2.75, 3.05) is 39.3 Å². The molecule has 58 heavy (non-hydrogen) atoms. The molecule has 5 heterocycles. The summed E-state index contributed by atoms with van der Waals surface area (Å²) in [7, 11) is 0. The van der Waals surface area contributed by atoms with Gasteiger partial charge in [-0.15, -0.1) is 0 Å². The molecule has 3 aromatic heterocycles. The van der Waals surface area contributed by atoms with Gasteiger partial charge in [0.05, 0.1) is 6.67 Å². The van der Waals surface area contributed by atoms with Crippen LogP contribution in [0.5, 0.6) is 0 Å². The lowest BCUT2D eigenvalue weighted by Gasteiger charge is -2.24. The second-order valence-electron chi connectivity index (χ2n) is 15.0. The summed E-state index contributed by atoms with van der Waals surface area (Å²) in [4.78, 5) is 43.2. The molecule has 4 aromatic carbocycles. The molecule has 2 aliphatic heterocycles. The zero-order chi connectivity index (χ0) is 39.9. The zero-order valence-corrected chi connectivity index (χ0v) is 34.4. The van der Waals surface area contributed by atoms with Gasteiger partial charge in [0.1, 0.15) is 22.6 Å². The van der Waals surface area contributed by atoms with Crippen molar-refractivity contribution < 1.29 is 0 Å². The maximum Gasteiger partial charge on any atom is 0.164 e. The maximum absolute atomic E-state index is 5.46. The Balaban J connectivity index is 1.47. The Morgan fingerprint density at radius 3 is 1.40 bits per heavy atom. The number of nitrogens with zero attached hydrogens (tertiary/aromatic N) is 10. The predicted octanol–water partition coefficient (Wildman–Crippen LogP) is 9.33. The van der Waals surface area contributed by atoms with Crippen molar-refractivity contribution in [1.82, 2.24) is 54.2 Å². The van der Waals surface area contributed by atoms with Crippen LogP contribution in [0.3, 0.4) is 0 Å². The number of H-pyrrole nitrogens is 1. The molecule has 0 saturated heterocycles. The summed E-state index contributed by atoms with van der Waals surface area (Å²) in [5, 5.41) is 4.08. The quantitative estimate of drug-likeness (QED) is 0.130. The molecule has 0 aliphatic carbocycles. The Morgan fingerprint density at radius 1 is 0.448 bits per heavy atom. The molecular formula is C47H51N11. The highest BCUT2D eigenvalue weighted by molar-refractivity contribution is 6.08. The summed E-state index contributed by atoms with van der Waals surface area (Å²) in [6.07, 6.45) is 0. The van der Waals surface area contributed by atoms with Crippen LogP contribution in [0.15, 0.2) is 84.9 Å². The van der Waals surface area contributed by atoms with E-state index in [1.807, 2.05) is 12.1 Å². The molecule has 2 aliphatic rings. The first-order valence-corrected chi connectivity index (χ1v) is 20.9. The number of nitrogens with one attached hydrogen (secondary N) is 1. The van der Waals surface area contributed by atoms with E-state index in [-0.39, 0.29) is 0 Å². The summed E-state index contributed by atoms with van der Waals surface area (Å²) in [5.74, 6) is 2.49. The number of aromatic nitrogens is 8. The van der Waals surface area contributed by atoms with Crippen molar-refractivity contribution in [3.05, 3.63) is 96.1 Å². The fourth-order valence-corrected chi connectivity index (χ4v) is 8.46. The molecule has 0 fully saturated rings. The van der Waals surface area contributed by atoms with Crippen molar-refractivity contribution in [3.63, 3.8) is 0 Å². The minimum atomic E-state index is 0.602. The van der Waals surface area contributed by atoms with Crippen LogP contribution in [-0.2, 0) is 19.8 Å². The lowest BCUT2D eigenvalue weighted by molar-refractivity contribution is 0.248. The Bertz CT molecular complexity index is 2830. The number of fused-ring (bicyclic) bond motifs is 20. The minimum absolute atomic E-state index is 0.602. The number of aromatic amines is 1. The highest BCUT2D eigenvalue weighted by Crippen LogP contribution is 2.38. The van der Waals surface area contributed by atoms with E-state index in [1.165, 1.54) is 11.1 Å². The van der Waals surface area contributed by atoms with E-state index < -0.39 is 0 Å². The monoisotopic (exact) mass is 769 g/mol. The third-order valence-electron chi connectivity index (χ3n) is 12.0. The van der Waals surface area contributed by atoms with Crippen LogP contribution in [0, 0.1) is 0 Å². The van der Waals surface area contributed by atoms with Crippen LogP contribution in [-0.4, -0.2) is 93.4 Å². The molecule has 294 valence electrons. The summed E-state index contributed by atoms with van der Waals surface area (Å²) >= 11 is 0. The topological polar surface area (TPSA) is 108 Å². The summed E-state index contributed by atoms with van der Waals surface area (Å²) < 4.78 is 2.23. The van der Waals surface area contributed by atoms with E-state index in [0.717, 1.165) is 113 Å². The Hall–Kier alpha value is -5.88. The van der Waals surface area contributed by atoms with Crippen LogP contribution >= 0.6 is 0 Å². The molecule has 0 saturated carbocycles. The largest absolute Gasteiger partial charge is 0.324 e. The van der Waals surface area contributed by atoms with Gasteiger partial charge in [-0.3, -0.25) is 19.3 Å². The zero-order valence-electron chi connectivity index (χ0n) is 34.4. The fraction of sp³-hybridized carbons (Fsp3) is 0.319. The minimum Gasteiger partial charge on any atom is -0.324 e. The maximum atomic E-state index is 5.46. The van der Waals surface area contributed by atoms with Gasteiger partial charge < -0.3 is 4.98 Å². The summed E-state index contributed by atoms with van der Waals surface area (Å²) in [6.45, 7) is 21.1. The van der Waals surface area contributed by atoms with Crippen molar-refractivity contribution in [2.24, 2.45) is 0 Å². The Morgan fingerprint density at radius 2 is 0.897 bits per heavy atom. The molecule has 0 amide bonds. The molecule has 1 N–H and O–H groups in total. The van der Waals surface area contributed by atoms with Crippen molar-refractivity contribution in [2.45, 2.75) is 61.3 Å². The third kappa shape index (κ3) is 6.53. The van der Waals surface area contributed by atoms with Crippen LogP contribution in [0.1, 0.15) is 52.7 Å². The smallest absolute Gasteiger partial charge is 0.164 e. The van der Waals surface area contributed by atoms with Crippen LogP contribution in [0.2, 0.25) is 0 Å². The van der Waals surface area contributed by atoms with Crippen LogP contribution in [0.25, 0.3) is 89.7 Å². The van der Waals surface area contributed by atoms with Gasteiger partial charge in [0.25, 0.3) is 0 Å². The van der Waals surface area contributed by atoms with Gasteiger partial charge in [-0.05, 0) is 50.4 Å². The van der Waals surface area contributed by atoms with Crippen LogP contribution < -0.4 is 0 Å². The number of benzene rings is 4. The second kappa shape index (κ2) is 15.8. The molecule has 0 spiro atoms. The molecule has 8 bridgehead atoms. The first kappa shape index (κ1) is 37.7. The lowest BCUT2D eigenvalue weighted by Crippen LogP contribution is -2.26. The van der Waals surface area contributed by atoms with E-state index >= 15 is 0 Å². The van der Waals surface area contributed by atoms with E-state index in [9.17, 15) is 0 Å². The van der Waals surface area contributed by atoms with Crippen molar-refractivity contribution >= 4 is 44.1 Å². The Kier molecular flexibility index (Phi) is 10.3. The van der Waals surface area contributed by atoms with Crippen molar-refractivity contribution in [3.8, 4) is 45.6 Å². The molecule has 9 rings (SSSR count). The standard InChI is InChI=1S/C47H51N11/c1-7-55(8-2)27-30-25-26-37-39(38(30)28-56(9-3)10-4)45-51-41-32-20-14-16-22-34(32)43(49-41)54-47-36-24-18-17-23-35(36)46(58(47)29-57(11-5)12-6)53-42-33-21-15-13-19-31(33)40(48-42)50-44(37)52-45/h13-26H,7-12,27-29H2,1-6H3,(H,48,49,50,51,52,53,54). The van der Waals surface area contributed by atoms with E-state index in [1.54, 1.807) is 0 Å². The normalized spacial score (nSPS) is 12.4. The Labute approximate surface area is 339 Å². The SMILES string of the molecule is CCN(CC)Cc1ccc2c3nc4nc(nc5c6ccccc6c(nc6nc(nc([nH]3)c2c1CN(CC)CC)-c1ccccc1-6)n5CN(CC)CC)-c1ccccc1-4. The molecule has 7 aromatic rings. The average molecular weight is 770 g/mol. The summed E-state index contributed by atoms with van der Waals surface area (Å²) in [6, 6.07) is 29.5. The number of hydrogen-bond acceptors (Lipinski definition) is 9. The average Bonchev–Trinajstić information content (AvgIpc) is 3.98. The molecule has 0 unspecified atom stereocenters. The first-order valence-electron chi connectivity index (χ1n) is 20.9. The third-order valence-corrected chi connectivity index (χ3v) is 12.0. The van der Waals surface area contributed by atoms with Gasteiger partial charge in [-0.25, -0.2) is 29.9 Å². The predicted molar refractivity (Wildman–Crippen MR) is 236 cm³/mol. The highest BCUT2D eigenvalue weighted by atomic mass is 15.3. The van der Waals surface area contributed by atoms with E-state index in [2.05, 4.69) is 139 Å². The molecule has 0 radical (unpaired) electrons. The molecule has 11 heteroatoms. The molecule has 0 atom stereocenters.